The molecule has 3 rings (SSSR count). The van der Waals surface area contributed by atoms with E-state index < -0.39 is 0 Å². The van der Waals surface area contributed by atoms with E-state index in [0.29, 0.717) is 5.15 Å². The van der Waals surface area contributed by atoms with Crippen molar-refractivity contribution in [1.29, 1.82) is 0 Å². The van der Waals surface area contributed by atoms with Gasteiger partial charge in [-0.05, 0) is 19.4 Å². The summed E-state index contributed by atoms with van der Waals surface area (Å²) >= 11 is 7.51. The summed E-state index contributed by atoms with van der Waals surface area (Å²) in [6.07, 6.45) is 1.48. The van der Waals surface area contributed by atoms with E-state index in [0.717, 1.165) is 31.7 Å². The summed E-state index contributed by atoms with van der Waals surface area (Å²) in [4.78, 5) is 9.11. The van der Waals surface area contributed by atoms with Crippen molar-refractivity contribution >= 4 is 43.4 Å². The van der Waals surface area contributed by atoms with Crippen molar-refractivity contribution in [3.05, 3.63) is 22.7 Å². The third-order valence-electron chi connectivity index (χ3n) is 2.62. The first-order valence-corrected chi connectivity index (χ1v) is 5.90. The average Bonchev–Trinajstić information content (AvgIpc) is 2.64. The molecule has 0 aliphatic heterocycles. The third-order valence-corrected chi connectivity index (χ3v) is 4.09. The Balaban J connectivity index is 2.63. The molecule has 0 spiro atoms. The first kappa shape index (κ1) is 9.86. The largest absolute Gasteiger partial charge is 0.235 e. The van der Waals surface area contributed by atoms with E-state index in [2.05, 4.69) is 20.2 Å². The number of nitrogens with zero attached hydrogens (tertiary/aromatic N) is 4. The van der Waals surface area contributed by atoms with Gasteiger partial charge in [-0.2, -0.15) is 5.10 Å². The molecule has 0 aliphatic carbocycles. The Morgan fingerprint density at radius 2 is 2.00 bits per heavy atom. The lowest BCUT2D eigenvalue weighted by atomic mass is 10.1. The van der Waals surface area contributed by atoms with Gasteiger partial charge < -0.3 is 0 Å². The summed E-state index contributed by atoms with van der Waals surface area (Å²) in [5.41, 5.74) is 2.89. The first-order chi connectivity index (χ1) is 7.68. The first-order valence-electron chi connectivity index (χ1n) is 4.71. The molecule has 3 heterocycles. The summed E-state index contributed by atoms with van der Waals surface area (Å²) in [6, 6.07) is 0. The maximum Gasteiger partial charge on any atom is 0.150 e. The molecule has 0 saturated carbocycles. The molecule has 0 bridgehead atoms. The molecule has 6 heteroatoms. The summed E-state index contributed by atoms with van der Waals surface area (Å²) in [7, 11) is 0. The van der Waals surface area contributed by atoms with Gasteiger partial charge in [0.05, 0.1) is 15.9 Å². The van der Waals surface area contributed by atoms with E-state index in [1.807, 2.05) is 13.8 Å². The maximum atomic E-state index is 6.03. The molecule has 16 heavy (non-hydrogen) atoms. The zero-order valence-electron chi connectivity index (χ0n) is 8.65. The Morgan fingerprint density at radius 1 is 1.19 bits per heavy atom. The fourth-order valence-corrected chi connectivity index (χ4v) is 2.92. The van der Waals surface area contributed by atoms with E-state index in [-0.39, 0.29) is 0 Å². The molecule has 0 aliphatic rings. The van der Waals surface area contributed by atoms with Crippen LogP contribution >= 0.6 is 22.9 Å². The lowest BCUT2D eigenvalue weighted by Crippen LogP contribution is -1.90. The van der Waals surface area contributed by atoms with Crippen LogP contribution in [0, 0.1) is 13.8 Å². The number of aromatic nitrogens is 4. The Kier molecular flexibility index (Phi) is 2.05. The lowest BCUT2D eigenvalue weighted by molar-refractivity contribution is 1.01. The van der Waals surface area contributed by atoms with Gasteiger partial charge in [-0.25, -0.2) is 9.97 Å². The van der Waals surface area contributed by atoms with Gasteiger partial charge in [-0.15, -0.1) is 16.4 Å². The van der Waals surface area contributed by atoms with Crippen LogP contribution in [0.25, 0.3) is 20.4 Å². The number of aryl methyl sites for hydroxylation is 2. The van der Waals surface area contributed by atoms with Crippen molar-refractivity contribution in [1.82, 2.24) is 20.2 Å². The van der Waals surface area contributed by atoms with Gasteiger partial charge in [0, 0.05) is 5.39 Å². The van der Waals surface area contributed by atoms with Crippen LogP contribution in [-0.2, 0) is 0 Å². The molecule has 3 aromatic rings. The summed E-state index contributed by atoms with van der Waals surface area (Å²) in [5.74, 6) is 0. The lowest BCUT2D eigenvalue weighted by Gasteiger charge is -1.98. The summed E-state index contributed by atoms with van der Waals surface area (Å²) in [6.45, 7) is 3.96. The van der Waals surface area contributed by atoms with Crippen molar-refractivity contribution in [2.75, 3.05) is 0 Å². The van der Waals surface area contributed by atoms with Gasteiger partial charge in [0.2, 0.25) is 0 Å². The standard InChI is InChI=1S/C10H7ClN4S/c1-4-5(2)14-15-10-6(4)7-8(16-10)9(11)13-3-12-7/h3H,1-2H3. The highest BCUT2D eigenvalue weighted by Gasteiger charge is 2.14. The average molecular weight is 251 g/mol. The van der Waals surface area contributed by atoms with Gasteiger partial charge in [0.25, 0.3) is 0 Å². The molecule has 0 radical (unpaired) electrons. The van der Waals surface area contributed by atoms with Crippen LogP contribution in [0.15, 0.2) is 6.33 Å². The second-order valence-electron chi connectivity index (χ2n) is 3.53. The topological polar surface area (TPSA) is 51.6 Å². The Hall–Kier alpha value is -1.33. The van der Waals surface area contributed by atoms with E-state index in [9.17, 15) is 0 Å². The number of fused-ring (bicyclic) bond motifs is 3. The molecule has 0 fully saturated rings. The van der Waals surface area contributed by atoms with Crippen LogP contribution in [0.4, 0.5) is 0 Å². The second kappa shape index (κ2) is 3.33. The van der Waals surface area contributed by atoms with Crippen LogP contribution < -0.4 is 0 Å². The van der Waals surface area contributed by atoms with Gasteiger partial charge >= 0.3 is 0 Å². The fraction of sp³-hybridized carbons (Fsp3) is 0.200. The molecule has 0 aromatic carbocycles. The zero-order chi connectivity index (χ0) is 11.3. The molecule has 3 aromatic heterocycles. The minimum Gasteiger partial charge on any atom is -0.235 e. The molecular formula is C10H7ClN4S. The number of thiophene rings is 1. The smallest absolute Gasteiger partial charge is 0.150 e. The van der Waals surface area contributed by atoms with Crippen LogP contribution in [0.3, 0.4) is 0 Å². The number of hydrogen-bond acceptors (Lipinski definition) is 5. The van der Waals surface area contributed by atoms with Crippen molar-refractivity contribution in [2.24, 2.45) is 0 Å². The van der Waals surface area contributed by atoms with Gasteiger partial charge in [0.15, 0.2) is 0 Å². The van der Waals surface area contributed by atoms with Gasteiger partial charge in [0.1, 0.15) is 16.3 Å². The fourth-order valence-electron chi connectivity index (χ4n) is 1.65. The van der Waals surface area contributed by atoms with Crippen LogP contribution in [0.1, 0.15) is 11.3 Å². The highest BCUT2D eigenvalue weighted by atomic mass is 35.5. The minimum absolute atomic E-state index is 0.477. The summed E-state index contributed by atoms with van der Waals surface area (Å²) in [5, 5.41) is 9.78. The van der Waals surface area contributed by atoms with Crippen molar-refractivity contribution in [2.45, 2.75) is 13.8 Å². The molecule has 0 saturated heterocycles. The third kappa shape index (κ3) is 1.22. The molecule has 0 amide bonds. The normalized spacial score (nSPS) is 11.4. The van der Waals surface area contributed by atoms with E-state index in [4.69, 9.17) is 11.6 Å². The van der Waals surface area contributed by atoms with Crippen LogP contribution in [-0.4, -0.2) is 20.2 Å². The van der Waals surface area contributed by atoms with Crippen LogP contribution in [0.2, 0.25) is 5.15 Å². The predicted octanol–water partition coefficient (Wildman–Crippen LogP) is 2.90. The molecule has 80 valence electrons. The van der Waals surface area contributed by atoms with Crippen molar-refractivity contribution in [3.8, 4) is 0 Å². The Labute approximate surface area is 100 Å². The highest BCUT2D eigenvalue weighted by Crippen LogP contribution is 2.35. The van der Waals surface area contributed by atoms with Gasteiger partial charge in [-0.1, -0.05) is 11.6 Å². The molecule has 0 atom stereocenters. The monoisotopic (exact) mass is 250 g/mol. The second-order valence-corrected chi connectivity index (χ2v) is 4.89. The maximum absolute atomic E-state index is 6.03. The predicted molar refractivity (Wildman–Crippen MR) is 65.0 cm³/mol. The van der Waals surface area contributed by atoms with Crippen LogP contribution in [0.5, 0.6) is 0 Å². The zero-order valence-corrected chi connectivity index (χ0v) is 10.2. The number of hydrogen-bond donors (Lipinski definition) is 0. The number of halogens is 1. The summed E-state index contributed by atoms with van der Waals surface area (Å²) < 4.78 is 0.877. The van der Waals surface area contributed by atoms with Gasteiger partial charge in [-0.3, -0.25) is 0 Å². The molecule has 0 N–H and O–H groups in total. The molecule has 0 unspecified atom stereocenters. The van der Waals surface area contributed by atoms with E-state index in [1.54, 1.807) is 0 Å². The number of rotatable bonds is 0. The molecular weight excluding hydrogens is 244 g/mol. The SMILES string of the molecule is Cc1nnc2sc3c(Cl)ncnc3c2c1C. The Morgan fingerprint density at radius 3 is 2.81 bits per heavy atom. The Bertz CT molecular complexity index is 707. The van der Waals surface area contributed by atoms with E-state index >= 15 is 0 Å². The highest BCUT2D eigenvalue weighted by molar-refractivity contribution is 7.25. The molecule has 4 nitrogen and oxygen atoms in total. The van der Waals surface area contributed by atoms with Crippen molar-refractivity contribution in [3.63, 3.8) is 0 Å². The van der Waals surface area contributed by atoms with E-state index in [1.165, 1.54) is 17.7 Å². The minimum atomic E-state index is 0.477. The quantitative estimate of drug-likeness (QED) is 0.576. The van der Waals surface area contributed by atoms with Crippen molar-refractivity contribution < 1.29 is 0 Å².